The molecule has 3 rings (SSSR count). The summed E-state index contributed by atoms with van der Waals surface area (Å²) in [5, 5.41) is 3.01. The fourth-order valence-corrected chi connectivity index (χ4v) is 4.72. The Balaban J connectivity index is 1.56. The number of aryl methyl sites for hydroxylation is 1. The van der Waals surface area contributed by atoms with Gasteiger partial charge in [0.2, 0.25) is 10.0 Å². The molecule has 2 aromatic rings. The number of amides is 2. The summed E-state index contributed by atoms with van der Waals surface area (Å²) in [5.74, 6) is 0. The normalized spacial score (nSPS) is 16.6. The van der Waals surface area contributed by atoms with Gasteiger partial charge in [-0.15, -0.1) is 0 Å². The summed E-state index contributed by atoms with van der Waals surface area (Å²) in [6.45, 7) is 5.40. The van der Waals surface area contributed by atoms with Crippen molar-refractivity contribution < 1.29 is 13.2 Å². The van der Waals surface area contributed by atoms with Crippen LogP contribution in [0.15, 0.2) is 59.5 Å². The molecule has 0 spiro atoms. The lowest BCUT2D eigenvalue weighted by Crippen LogP contribution is -2.53. The van der Waals surface area contributed by atoms with Crippen molar-refractivity contribution in [3.05, 3.63) is 65.7 Å². The predicted molar refractivity (Wildman–Crippen MR) is 110 cm³/mol. The van der Waals surface area contributed by atoms with Gasteiger partial charge in [-0.1, -0.05) is 49.4 Å². The Morgan fingerprint density at radius 3 is 2.18 bits per heavy atom. The summed E-state index contributed by atoms with van der Waals surface area (Å²) in [4.78, 5) is 14.5. The fourth-order valence-electron chi connectivity index (χ4n) is 3.27. The highest BCUT2D eigenvalue weighted by Gasteiger charge is 2.30. The molecule has 1 aliphatic heterocycles. The number of rotatable bonds is 5. The third-order valence-corrected chi connectivity index (χ3v) is 7.05. The molecule has 150 valence electrons. The number of hydrogen-bond donors (Lipinski definition) is 1. The number of nitrogens with zero attached hydrogens (tertiary/aromatic N) is 2. The van der Waals surface area contributed by atoms with Crippen LogP contribution in [0.1, 0.15) is 31.0 Å². The Labute approximate surface area is 167 Å². The second-order valence-corrected chi connectivity index (χ2v) is 8.91. The number of carbonyl (C=O) groups excluding carboxylic acids is 1. The van der Waals surface area contributed by atoms with Gasteiger partial charge >= 0.3 is 6.03 Å². The monoisotopic (exact) mass is 401 g/mol. The number of piperazine rings is 1. The summed E-state index contributed by atoms with van der Waals surface area (Å²) >= 11 is 0. The molecule has 0 aliphatic carbocycles. The highest BCUT2D eigenvalue weighted by atomic mass is 32.2. The Hall–Kier alpha value is -2.38. The molecule has 2 amide bonds. The van der Waals surface area contributed by atoms with Crippen molar-refractivity contribution >= 4 is 16.1 Å². The van der Waals surface area contributed by atoms with Gasteiger partial charge < -0.3 is 10.2 Å². The Morgan fingerprint density at radius 2 is 1.61 bits per heavy atom. The first-order chi connectivity index (χ1) is 13.4. The third-order valence-electron chi connectivity index (χ3n) is 5.13. The average molecular weight is 402 g/mol. The molecule has 1 N–H and O–H groups in total. The maximum Gasteiger partial charge on any atom is 0.317 e. The van der Waals surface area contributed by atoms with Crippen molar-refractivity contribution in [1.82, 2.24) is 14.5 Å². The predicted octanol–water partition coefficient (Wildman–Crippen LogP) is 3.03. The zero-order valence-electron chi connectivity index (χ0n) is 16.3. The topological polar surface area (TPSA) is 69.7 Å². The van der Waals surface area contributed by atoms with E-state index in [1.807, 2.05) is 19.1 Å². The summed E-state index contributed by atoms with van der Waals surface area (Å²) in [7, 11) is -3.51. The highest BCUT2D eigenvalue weighted by Crippen LogP contribution is 2.18. The van der Waals surface area contributed by atoms with Crippen LogP contribution in [-0.2, 0) is 16.4 Å². The van der Waals surface area contributed by atoms with Crippen LogP contribution in [-0.4, -0.2) is 49.8 Å². The van der Waals surface area contributed by atoms with Crippen molar-refractivity contribution in [2.24, 2.45) is 0 Å². The summed E-state index contributed by atoms with van der Waals surface area (Å²) in [6.07, 6.45) is 0.983. The second kappa shape index (κ2) is 8.75. The average Bonchev–Trinajstić information content (AvgIpc) is 2.74. The molecule has 1 atom stereocenters. The van der Waals surface area contributed by atoms with Crippen LogP contribution in [0.3, 0.4) is 0 Å². The van der Waals surface area contributed by atoms with Crippen LogP contribution in [0.25, 0.3) is 0 Å². The summed E-state index contributed by atoms with van der Waals surface area (Å²) < 4.78 is 26.8. The molecule has 1 unspecified atom stereocenters. The smallest absolute Gasteiger partial charge is 0.317 e. The number of benzene rings is 2. The van der Waals surface area contributed by atoms with E-state index >= 15 is 0 Å². The van der Waals surface area contributed by atoms with Gasteiger partial charge in [0.1, 0.15) is 0 Å². The van der Waals surface area contributed by atoms with Crippen LogP contribution in [0.4, 0.5) is 4.79 Å². The van der Waals surface area contributed by atoms with Crippen LogP contribution in [0.2, 0.25) is 0 Å². The van der Waals surface area contributed by atoms with Gasteiger partial charge in [-0.3, -0.25) is 0 Å². The molecular weight excluding hydrogens is 374 g/mol. The van der Waals surface area contributed by atoms with E-state index in [4.69, 9.17) is 0 Å². The Morgan fingerprint density at radius 1 is 1.00 bits per heavy atom. The molecule has 28 heavy (non-hydrogen) atoms. The third kappa shape index (κ3) is 4.54. The van der Waals surface area contributed by atoms with Gasteiger partial charge in [0.05, 0.1) is 10.9 Å². The van der Waals surface area contributed by atoms with Crippen LogP contribution in [0.5, 0.6) is 0 Å². The SMILES string of the molecule is CCc1ccc(C(C)NC(=O)N2CCN(S(=O)(=O)c3ccccc3)CC2)cc1. The van der Waals surface area contributed by atoms with E-state index in [1.165, 1.54) is 9.87 Å². The van der Waals surface area contributed by atoms with Crippen LogP contribution >= 0.6 is 0 Å². The summed E-state index contributed by atoms with van der Waals surface area (Å²) in [6, 6.07) is 16.4. The maximum atomic E-state index is 12.7. The van der Waals surface area contributed by atoms with Crippen molar-refractivity contribution in [1.29, 1.82) is 0 Å². The lowest BCUT2D eigenvalue weighted by atomic mass is 10.1. The molecule has 2 aromatic carbocycles. The Kier molecular flexibility index (Phi) is 6.36. The molecule has 0 bridgehead atoms. The Bertz CT molecular complexity index is 890. The minimum atomic E-state index is -3.51. The lowest BCUT2D eigenvalue weighted by Gasteiger charge is -2.34. The molecule has 7 heteroatoms. The molecule has 1 fully saturated rings. The minimum absolute atomic E-state index is 0.107. The first-order valence-corrected chi connectivity index (χ1v) is 11.1. The van der Waals surface area contributed by atoms with Crippen LogP contribution in [0, 0.1) is 0 Å². The quantitative estimate of drug-likeness (QED) is 0.837. The number of hydrogen-bond acceptors (Lipinski definition) is 3. The van der Waals surface area contributed by atoms with Gasteiger partial charge in [-0.2, -0.15) is 4.31 Å². The zero-order valence-corrected chi connectivity index (χ0v) is 17.2. The van der Waals surface area contributed by atoms with E-state index in [2.05, 4.69) is 24.4 Å². The van der Waals surface area contributed by atoms with Crippen molar-refractivity contribution in [2.45, 2.75) is 31.2 Å². The number of urea groups is 1. The van der Waals surface area contributed by atoms with Crippen molar-refractivity contribution in [2.75, 3.05) is 26.2 Å². The molecule has 0 aromatic heterocycles. The van der Waals surface area contributed by atoms with Gasteiger partial charge in [0, 0.05) is 26.2 Å². The minimum Gasteiger partial charge on any atom is -0.331 e. The molecule has 1 saturated heterocycles. The van der Waals surface area contributed by atoms with E-state index < -0.39 is 10.0 Å². The van der Waals surface area contributed by atoms with E-state index in [1.54, 1.807) is 35.2 Å². The second-order valence-electron chi connectivity index (χ2n) is 6.97. The van der Waals surface area contributed by atoms with E-state index in [0.717, 1.165) is 12.0 Å². The summed E-state index contributed by atoms with van der Waals surface area (Å²) in [5.41, 5.74) is 2.31. The molecule has 6 nitrogen and oxygen atoms in total. The van der Waals surface area contributed by atoms with Crippen LogP contribution < -0.4 is 5.32 Å². The molecule has 1 aliphatic rings. The molecule has 0 radical (unpaired) electrons. The fraction of sp³-hybridized carbons (Fsp3) is 0.381. The van der Waals surface area contributed by atoms with E-state index in [0.29, 0.717) is 26.2 Å². The van der Waals surface area contributed by atoms with Crippen molar-refractivity contribution in [3.63, 3.8) is 0 Å². The van der Waals surface area contributed by atoms with Crippen molar-refractivity contribution in [3.8, 4) is 0 Å². The number of carbonyl (C=O) groups is 1. The molecule has 1 heterocycles. The molecular formula is C21H27N3O3S. The van der Waals surface area contributed by atoms with Gasteiger partial charge in [-0.25, -0.2) is 13.2 Å². The number of sulfonamides is 1. The zero-order chi connectivity index (χ0) is 20.1. The van der Waals surface area contributed by atoms with E-state index in [9.17, 15) is 13.2 Å². The maximum absolute atomic E-state index is 12.7. The largest absolute Gasteiger partial charge is 0.331 e. The van der Waals surface area contributed by atoms with E-state index in [-0.39, 0.29) is 17.0 Å². The molecule has 0 saturated carbocycles. The number of nitrogens with one attached hydrogen (secondary N) is 1. The highest BCUT2D eigenvalue weighted by molar-refractivity contribution is 7.89. The van der Waals surface area contributed by atoms with Gasteiger partial charge in [-0.05, 0) is 36.6 Å². The first kappa shape index (κ1) is 20.4. The lowest BCUT2D eigenvalue weighted by molar-refractivity contribution is 0.169. The first-order valence-electron chi connectivity index (χ1n) is 9.61. The van der Waals surface area contributed by atoms with Gasteiger partial charge in [0.15, 0.2) is 0 Å². The van der Waals surface area contributed by atoms with Gasteiger partial charge in [0.25, 0.3) is 0 Å². The standard InChI is InChI=1S/C21H27N3O3S/c1-3-18-9-11-19(12-10-18)17(2)22-21(25)23-13-15-24(16-14-23)28(26,27)20-7-5-4-6-8-20/h4-12,17H,3,13-16H2,1-2H3,(H,22,25).